The Morgan fingerprint density at radius 2 is 1.76 bits per heavy atom. The van der Waals surface area contributed by atoms with Gasteiger partial charge in [0.2, 0.25) is 5.95 Å². The number of aryl methyl sites for hydroxylation is 1. The Hall–Kier alpha value is -3.69. The second-order valence-corrected chi connectivity index (χ2v) is 6.02. The lowest BCUT2D eigenvalue weighted by molar-refractivity contribution is -0.384. The Bertz CT molecular complexity index is 1020. The third-order valence-corrected chi connectivity index (χ3v) is 4.08. The summed E-state index contributed by atoms with van der Waals surface area (Å²) in [4.78, 5) is 17.9. The van der Waals surface area contributed by atoms with Crippen LogP contribution in [0, 0.1) is 10.1 Å². The zero-order valence-corrected chi connectivity index (χ0v) is 15.2. The molecule has 10 heteroatoms. The monoisotopic (exact) mass is 403 g/mol. The fourth-order valence-corrected chi connectivity index (χ4v) is 2.62. The first-order chi connectivity index (χ1) is 13.8. The Morgan fingerprint density at radius 3 is 2.38 bits per heavy atom. The molecular weight excluding hydrogens is 387 g/mol. The second-order valence-electron chi connectivity index (χ2n) is 6.02. The molecule has 2 N–H and O–H groups in total. The molecule has 3 aromatic rings. The molecule has 1 aromatic heterocycles. The van der Waals surface area contributed by atoms with Crippen LogP contribution in [-0.4, -0.2) is 14.9 Å². The number of anilines is 4. The number of hydrogen-bond donors (Lipinski definition) is 2. The fraction of sp³-hybridized carbons (Fsp3) is 0.158. The molecule has 0 saturated heterocycles. The minimum Gasteiger partial charge on any atom is -0.339 e. The number of para-hydroxylation sites is 1. The van der Waals surface area contributed by atoms with Gasteiger partial charge in [0, 0.05) is 29.7 Å². The number of alkyl halides is 3. The van der Waals surface area contributed by atoms with Gasteiger partial charge in [-0.2, -0.15) is 18.2 Å². The quantitative estimate of drug-likeness (QED) is 0.420. The third kappa shape index (κ3) is 4.78. The summed E-state index contributed by atoms with van der Waals surface area (Å²) in [5, 5.41) is 16.2. The predicted molar refractivity (Wildman–Crippen MR) is 103 cm³/mol. The number of nitro groups is 1. The number of nitrogens with one attached hydrogen (secondary N) is 2. The van der Waals surface area contributed by atoms with Crippen molar-refractivity contribution in [3.05, 3.63) is 76.0 Å². The summed E-state index contributed by atoms with van der Waals surface area (Å²) in [6.45, 7) is 1.90. The van der Waals surface area contributed by atoms with E-state index in [9.17, 15) is 23.3 Å². The summed E-state index contributed by atoms with van der Waals surface area (Å²) in [5.74, 6) is -0.471. The van der Waals surface area contributed by atoms with Crippen LogP contribution < -0.4 is 10.6 Å². The van der Waals surface area contributed by atoms with Crippen LogP contribution in [0.15, 0.2) is 54.7 Å². The highest BCUT2D eigenvalue weighted by molar-refractivity contribution is 5.65. The lowest BCUT2D eigenvalue weighted by Gasteiger charge is -2.16. The van der Waals surface area contributed by atoms with Gasteiger partial charge in [-0.1, -0.05) is 25.1 Å². The van der Waals surface area contributed by atoms with E-state index >= 15 is 0 Å². The molecule has 0 fully saturated rings. The molecule has 0 amide bonds. The molecule has 2 aromatic carbocycles. The van der Waals surface area contributed by atoms with Gasteiger partial charge in [-0.3, -0.25) is 10.1 Å². The summed E-state index contributed by atoms with van der Waals surface area (Å²) < 4.78 is 40.2. The normalized spacial score (nSPS) is 11.2. The van der Waals surface area contributed by atoms with Gasteiger partial charge >= 0.3 is 6.18 Å². The number of aromatic nitrogens is 2. The smallest absolute Gasteiger partial charge is 0.339 e. The van der Waals surface area contributed by atoms with E-state index in [1.54, 1.807) is 18.2 Å². The van der Waals surface area contributed by atoms with Gasteiger partial charge in [0.1, 0.15) is 11.4 Å². The highest BCUT2D eigenvalue weighted by Gasteiger charge is 2.35. The van der Waals surface area contributed by atoms with Crippen LogP contribution >= 0.6 is 0 Å². The van der Waals surface area contributed by atoms with Crippen LogP contribution in [-0.2, 0) is 12.6 Å². The zero-order chi connectivity index (χ0) is 21.0. The van der Waals surface area contributed by atoms with Crippen molar-refractivity contribution in [2.24, 2.45) is 0 Å². The van der Waals surface area contributed by atoms with Crippen molar-refractivity contribution < 1.29 is 18.1 Å². The van der Waals surface area contributed by atoms with Crippen LogP contribution in [0.4, 0.5) is 42.0 Å². The van der Waals surface area contributed by atoms with E-state index in [0.717, 1.165) is 5.56 Å². The van der Waals surface area contributed by atoms with Crippen LogP contribution in [0.3, 0.4) is 0 Å². The van der Waals surface area contributed by atoms with E-state index in [2.05, 4.69) is 20.6 Å². The van der Waals surface area contributed by atoms with Crippen molar-refractivity contribution in [1.29, 1.82) is 0 Å². The van der Waals surface area contributed by atoms with Crippen LogP contribution in [0.25, 0.3) is 0 Å². The molecule has 1 heterocycles. The highest BCUT2D eigenvalue weighted by Crippen LogP contribution is 2.36. The van der Waals surface area contributed by atoms with Gasteiger partial charge in [-0.05, 0) is 30.2 Å². The van der Waals surface area contributed by atoms with E-state index in [0.29, 0.717) is 24.0 Å². The summed E-state index contributed by atoms with van der Waals surface area (Å²) in [5.41, 5.74) is 0.639. The minimum atomic E-state index is -4.64. The molecule has 0 aliphatic carbocycles. The maximum atomic E-state index is 13.4. The second kappa shape index (κ2) is 8.13. The first kappa shape index (κ1) is 20.1. The van der Waals surface area contributed by atoms with Gasteiger partial charge in [0.25, 0.3) is 5.69 Å². The first-order valence-corrected chi connectivity index (χ1v) is 8.58. The molecule has 3 rings (SSSR count). The SMILES string of the molecule is CCc1ccccc1Nc1nc(Nc2ccc([N+](=O)[O-])cc2)ncc1C(F)(F)F. The van der Waals surface area contributed by atoms with Crippen LogP contribution in [0.2, 0.25) is 0 Å². The van der Waals surface area contributed by atoms with Gasteiger partial charge in [0.15, 0.2) is 0 Å². The first-order valence-electron chi connectivity index (χ1n) is 8.58. The van der Waals surface area contributed by atoms with Crippen molar-refractivity contribution in [3.8, 4) is 0 Å². The summed E-state index contributed by atoms with van der Waals surface area (Å²) in [7, 11) is 0. The Morgan fingerprint density at radius 1 is 1.07 bits per heavy atom. The topological polar surface area (TPSA) is 93.0 Å². The molecule has 29 heavy (non-hydrogen) atoms. The maximum Gasteiger partial charge on any atom is 0.421 e. The van der Waals surface area contributed by atoms with Crippen molar-refractivity contribution in [2.45, 2.75) is 19.5 Å². The number of nitro benzene ring substituents is 1. The van der Waals surface area contributed by atoms with Crippen molar-refractivity contribution in [3.63, 3.8) is 0 Å². The molecule has 150 valence electrons. The molecule has 0 aliphatic heterocycles. The van der Waals surface area contributed by atoms with Gasteiger partial charge in [0.05, 0.1) is 4.92 Å². The fourth-order valence-electron chi connectivity index (χ4n) is 2.62. The molecule has 0 radical (unpaired) electrons. The van der Waals surface area contributed by atoms with Gasteiger partial charge < -0.3 is 10.6 Å². The van der Waals surface area contributed by atoms with Crippen molar-refractivity contribution >= 4 is 28.8 Å². The Kier molecular flexibility index (Phi) is 5.62. The minimum absolute atomic E-state index is 0.0802. The van der Waals surface area contributed by atoms with Crippen LogP contribution in [0.1, 0.15) is 18.1 Å². The standard InChI is InChI=1S/C19H16F3N5O2/c1-2-12-5-3-4-6-16(12)25-17-15(19(20,21)22)11-23-18(26-17)24-13-7-9-14(10-8-13)27(28)29/h3-11H,2H2,1H3,(H2,23,24,25,26). The Balaban J connectivity index is 1.94. The molecule has 7 nitrogen and oxygen atoms in total. The Labute approximate surface area is 163 Å². The largest absolute Gasteiger partial charge is 0.421 e. The number of halogens is 3. The van der Waals surface area contributed by atoms with E-state index in [1.165, 1.54) is 24.3 Å². The number of nitrogens with zero attached hydrogens (tertiary/aromatic N) is 3. The summed E-state index contributed by atoms with van der Waals surface area (Å²) in [6.07, 6.45) is -3.32. The van der Waals surface area contributed by atoms with Crippen molar-refractivity contribution in [1.82, 2.24) is 9.97 Å². The molecule has 0 unspecified atom stereocenters. The van der Waals surface area contributed by atoms with Gasteiger partial charge in [-0.25, -0.2) is 4.98 Å². The zero-order valence-electron chi connectivity index (χ0n) is 15.2. The number of benzene rings is 2. The van der Waals surface area contributed by atoms with E-state index in [-0.39, 0.29) is 11.6 Å². The van der Waals surface area contributed by atoms with Crippen LogP contribution in [0.5, 0.6) is 0 Å². The third-order valence-electron chi connectivity index (χ3n) is 4.08. The predicted octanol–water partition coefficient (Wildman–Crippen LogP) is 5.45. The molecule has 0 atom stereocenters. The van der Waals surface area contributed by atoms with E-state index in [1.807, 2.05) is 13.0 Å². The maximum absolute atomic E-state index is 13.4. The van der Waals surface area contributed by atoms with E-state index in [4.69, 9.17) is 0 Å². The molecule has 0 aliphatic rings. The van der Waals surface area contributed by atoms with Gasteiger partial charge in [-0.15, -0.1) is 0 Å². The van der Waals surface area contributed by atoms with Crippen molar-refractivity contribution in [2.75, 3.05) is 10.6 Å². The number of hydrogen-bond acceptors (Lipinski definition) is 6. The lowest BCUT2D eigenvalue weighted by Crippen LogP contribution is -2.13. The molecule has 0 spiro atoms. The average molecular weight is 403 g/mol. The number of non-ortho nitro benzene ring substituents is 1. The highest BCUT2D eigenvalue weighted by atomic mass is 19.4. The molecule has 0 bridgehead atoms. The number of rotatable bonds is 6. The van der Waals surface area contributed by atoms with E-state index < -0.39 is 22.5 Å². The molecule has 0 saturated carbocycles. The lowest BCUT2D eigenvalue weighted by atomic mass is 10.1. The summed E-state index contributed by atoms with van der Waals surface area (Å²) >= 11 is 0. The summed E-state index contributed by atoms with van der Waals surface area (Å²) in [6, 6.07) is 12.4. The average Bonchev–Trinajstić information content (AvgIpc) is 2.68. The molecular formula is C19H16F3N5O2.